The summed E-state index contributed by atoms with van der Waals surface area (Å²) in [7, 11) is 1.74. The Labute approximate surface area is 154 Å². The zero-order valence-corrected chi connectivity index (χ0v) is 15.8. The van der Waals surface area contributed by atoms with E-state index in [2.05, 4.69) is 20.9 Å². The fourth-order valence-electron chi connectivity index (χ4n) is 2.70. The molecule has 0 N–H and O–H groups in total. The van der Waals surface area contributed by atoms with E-state index >= 15 is 0 Å². The lowest BCUT2D eigenvalue weighted by molar-refractivity contribution is -0.118. The number of carbonyl (C=O) groups is 1. The van der Waals surface area contributed by atoms with E-state index in [0.717, 1.165) is 27.8 Å². The lowest BCUT2D eigenvalue weighted by Gasteiger charge is -2.20. The van der Waals surface area contributed by atoms with E-state index < -0.39 is 0 Å². The molecule has 3 rings (SSSR count). The largest absolute Gasteiger partial charge is 0.318 e. The summed E-state index contributed by atoms with van der Waals surface area (Å²) < 4.78 is 2.85. The van der Waals surface area contributed by atoms with Crippen molar-refractivity contribution in [2.24, 2.45) is 0 Å². The number of aromatic nitrogens is 2. The number of amides is 1. The summed E-state index contributed by atoms with van der Waals surface area (Å²) in [6, 6.07) is 13.3. The molecule has 1 heterocycles. The van der Waals surface area contributed by atoms with Gasteiger partial charge in [0.25, 0.3) is 0 Å². The first-order chi connectivity index (χ1) is 11.5. The van der Waals surface area contributed by atoms with Gasteiger partial charge in [0.05, 0.1) is 21.7 Å². The summed E-state index contributed by atoms with van der Waals surface area (Å²) in [6.45, 7) is 2.27. The van der Waals surface area contributed by atoms with Crippen LogP contribution in [-0.4, -0.2) is 22.5 Å². The molecule has 0 radical (unpaired) electrons. The van der Waals surface area contributed by atoms with Gasteiger partial charge in [-0.2, -0.15) is 0 Å². The smallest absolute Gasteiger partial charge is 0.246 e. The highest BCUT2D eigenvalue weighted by Crippen LogP contribution is 2.28. The molecule has 0 fully saturated rings. The van der Waals surface area contributed by atoms with Crippen LogP contribution >= 0.6 is 27.5 Å². The van der Waals surface area contributed by atoms with Gasteiger partial charge in [0.2, 0.25) is 5.91 Å². The molecule has 0 aliphatic carbocycles. The molecule has 0 saturated heterocycles. The minimum Gasteiger partial charge on any atom is -0.318 e. The summed E-state index contributed by atoms with van der Waals surface area (Å²) in [4.78, 5) is 19.0. The molecule has 0 saturated carbocycles. The number of fused-ring (bicyclic) bond motifs is 1. The first-order valence-electron chi connectivity index (χ1n) is 7.67. The third-order valence-electron chi connectivity index (χ3n) is 3.99. The van der Waals surface area contributed by atoms with Crippen molar-refractivity contribution in [2.45, 2.75) is 19.9 Å². The molecule has 0 aliphatic rings. The van der Waals surface area contributed by atoms with Gasteiger partial charge in [-0.05, 0) is 30.3 Å². The predicted molar refractivity (Wildman–Crippen MR) is 102 cm³/mol. The summed E-state index contributed by atoms with van der Waals surface area (Å²) in [5, 5.41) is 0.534. The molecule has 0 bridgehead atoms. The molecule has 6 heteroatoms. The highest BCUT2D eigenvalue weighted by Gasteiger charge is 2.18. The molecule has 24 heavy (non-hydrogen) atoms. The van der Waals surface area contributed by atoms with Crippen molar-refractivity contribution in [3.8, 4) is 0 Å². The van der Waals surface area contributed by atoms with E-state index in [-0.39, 0.29) is 12.5 Å². The van der Waals surface area contributed by atoms with Crippen LogP contribution < -0.4 is 4.90 Å². The van der Waals surface area contributed by atoms with Crippen molar-refractivity contribution in [1.82, 2.24) is 9.55 Å². The van der Waals surface area contributed by atoms with E-state index in [1.807, 2.05) is 47.9 Å². The molecule has 124 valence electrons. The third kappa shape index (κ3) is 3.19. The van der Waals surface area contributed by atoms with E-state index in [4.69, 9.17) is 11.6 Å². The van der Waals surface area contributed by atoms with E-state index in [1.54, 1.807) is 18.0 Å². The Hall–Kier alpha value is -1.85. The van der Waals surface area contributed by atoms with Crippen LogP contribution in [0, 0.1) is 0 Å². The van der Waals surface area contributed by atoms with E-state index in [0.29, 0.717) is 10.7 Å². The van der Waals surface area contributed by atoms with Crippen LogP contribution in [-0.2, 0) is 17.8 Å². The number of imidazole rings is 1. The summed E-state index contributed by atoms with van der Waals surface area (Å²) >= 11 is 9.64. The highest BCUT2D eigenvalue weighted by molar-refractivity contribution is 9.10. The summed E-state index contributed by atoms with van der Waals surface area (Å²) in [6.07, 6.45) is 0.769. The highest BCUT2D eigenvalue weighted by atomic mass is 79.9. The molecular formula is C18H17BrClN3O. The van der Waals surface area contributed by atoms with Gasteiger partial charge in [-0.25, -0.2) is 4.98 Å². The minimum atomic E-state index is -0.0444. The van der Waals surface area contributed by atoms with Gasteiger partial charge in [0.15, 0.2) is 0 Å². The Morgan fingerprint density at radius 3 is 2.75 bits per heavy atom. The van der Waals surface area contributed by atoms with E-state index in [1.165, 1.54) is 0 Å². The second-order valence-corrected chi connectivity index (χ2v) is 6.83. The Balaban J connectivity index is 1.92. The number of rotatable bonds is 4. The molecule has 1 amide bonds. The average Bonchev–Trinajstić information content (AvgIpc) is 2.92. The predicted octanol–water partition coefficient (Wildman–Crippen LogP) is 4.68. The lowest BCUT2D eigenvalue weighted by Crippen LogP contribution is -2.30. The van der Waals surface area contributed by atoms with Crippen molar-refractivity contribution >= 4 is 50.2 Å². The van der Waals surface area contributed by atoms with Crippen molar-refractivity contribution in [3.63, 3.8) is 0 Å². The molecule has 1 aromatic heterocycles. The van der Waals surface area contributed by atoms with Gasteiger partial charge < -0.3 is 9.47 Å². The van der Waals surface area contributed by atoms with Crippen molar-refractivity contribution in [1.29, 1.82) is 0 Å². The Morgan fingerprint density at radius 2 is 2.04 bits per heavy atom. The summed E-state index contributed by atoms with van der Waals surface area (Å²) in [5.41, 5.74) is 2.57. The topological polar surface area (TPSA) is 38.1 Å². The first kappa shape index (κ1) is 17.0. The van der Waals surface area contributed by atoms with Crippen LogP contribution in [0.15, 0.2) is 46.9 Å². The fraction of sp³-hybridized carbons (Fsp3) is 0.222. The monoisotopic (exact) mass is 405 g/mol. The van der Waals surface area contributed by atoms with Crippen LogP contribution in [0.25, 0.3) is 11.0 Å². The molecule has 4 nitrogen and oxygen atoms in total. The fourth-order valence-corrected chi connectivity index (χ4v) is 3.50. The average molecular weight is 407 g/mol. The number of likely N-dealkylation sites (N-methyl/N-ethyl adjacent to an activating group) is 1. The van der Waals surface area contributed by atoms with Gasteiger partial charge in [0.1, 0.15) is 12.4 Å². The second kappa shape index (κ2) is 6.95. The molecule has 0 unspecified atom stereocenters. The van der Waals surface area contributed by atoms with E-state index in [9.17, 15) is 4.79 Å². The van der Waals surface area contributed by atoms with Crippen LogP contribution in [0.1, 0.15) is 12.7 Å². The van der Waals surface area contributed by atoms with Gasteiger partial charge >= 0.3 is 0 Å². The maximum atomic E-state index is 12.8. The molecule has 3 aromatic rings. The minimum absolute atomic E-state index is 0.0444. The maximum absolute atomic E-state index is 12.8. The quantitative estimate of drug-likeness (QED) is 0.631. The number of nitrogens with zero attached hydrogens (tertiary/aromatic N) is 3. The van der Waals surface area contributed by atoms with Crippen LogP contribution in [0.5, 0.6) is 0 Å². The first-order valence-corrected chi connectivity index (χ1v) is 8.84. The third-order valence-corrected chi connectivity index (χ3v) is 4.78. The SMILES string of the molecule is CCc1nc2ccccc2n1CC(=O)N(C)c1ccc(Br)cc1Cl. The second-order valence-electron chi connectivity index (χ2n) is 5.50. The molecule has 2 aromatic carbocycles. The van der Waals surface area contributed by atoms with Crippen LogP contribution in [0.2, 0.25) is 5.02 Å². The van der Waals surface area contributed by atoms with Gasteiger partial charge in [-0.15, -0.1) is 0 Å². The van der Waals surface area contributed by atoms with Crippen molar-refractivity contribution < 1.29 is 4.79 Å². The number of anilines is 1. The van der Waals surface area contributed by atoms with Crippen molar-refractivity contribution in [2.75, 3.05) is 11.9 Å². The number of benzene rings is 2. The van der Waals surface area contributed by atoms with Crippen molar-refractivity contribution in [3.05, 3.63) is 57.8 Å². The number of aryl methyl sites for hydroxylation is 1. The Bertz CT molecular complexity index is 906. The van der Waals surface area contributed by atoms with Crippen LogP contribution in [0.3, 0.4) is 0 Å². The van der Waals surface area contributed by atoms with Gasteiger partial charge in [-0.3, -0.25) is 4.79 Å². The number of carbonyl (C=O) groups excluding carboxylic acids is 1. The zero-order valence-electron chi connectivity index (χ0n) is 13.5. The normalized spacial score (nSPS) is 11.0. The van der Waals surface area contributed by atoms with Gasteiger partial charge in [-0.1, -0.05) is 46.6 Å². The zero-order chi connectivity index (χ0) is 17.3. The Kier molecular flexibility index (Phi) is 4.92. The number of hydrogen-bond donors (Lipinski definition) is 0. The molecule has 0 spiro atoms. The lowest BCUT2D eigenvalue weighted by atomic mass is 10.3. The molecule has 0 atom stereocenters. The Morgan fingerprint density at radius 1 is 1.29 bits per heavy atom. The number of halogens is 2. The van der Waals surface area contributed by atoms with Gasteiger partial charge in [0, 0.05) is 17.9 Å². The molecular weight excluding hydrogens is 390 g/mol. The number of para-hydroxylation sites is 2. The standard InChI is InChI=1S/C18H17BrClN3O/c1-3-17-21-14-6-4-5-7-16(14)23(17)11-18(24)22(2)15-9-8-12(19)10-13(15)20/h4-10H,3,11H2,1-2H3. The molecule has 0 aliphatic heterocycles. The summed E-state index contributed by atoms with van der Waals surface area (Å²) in [5.74, 6) is 0.858. The number of hydrogen-bond acceptors (Lipinski definition) is 2. The maximum Gasteiger partial charge on any atom is 0.246 e. The van der Waals surface area contributed by atoms with Crippen LogP contribution in [0.4, 0.5) is 5.69 Å².